The number of aromatic nitrogens is 4. The topological polar surface area (TPSA) is 69.7 Å². The van der Waals surface area contributed by atoms with E-state index in [9.17, 15) is 0 Å². The van der Waals surface area contributed by atoms with Gasteiger partial charge in [0.1, 0.15) is 5.03 Å². The summed E-state index contributed by atoms with van der Waals surface area (Å²) in [5.74, 6) is 1.65. The van der Waals surface area contributed by atoms with Crippen LogP contribution in [0.4, 0.5) is 5.95 Å². The second-order valence-corrected chi connectivity index (χ2v) is 5.25. The number of thioether (sulfide) groups is 1. The quantitative estimate of drug-likeness (QED) is 0.609. The van der Waals surface area contributed by atoms with Crippen molar-refractivity contribution in [1.82, 2.24) is 25.1 Å². The van der Waals surface area contributed by atoms with Crippen molar-refractivity contribution in [2.75, 3.05) is 38.3 Å². The summed E-state index contributed by atoms with van der Waals surface area (Å²) in [5.41, 5.74) is 0.785. The van der Waals surface area contributed by atoms with E-state index in [2.05, 4.69) is 44.5 Å². The lowest BCUT2D eigenvalue weighted by Gasteiger charge is -2.09. The molecule has 0 bridgehead atoms. The van der Waals surface area contributed by atoms with Crippen LogP contribution in [0.2, 0.25) is 0 Å². The van der Waals surface area contributed by atoms with E-state index >= 15 is 0 Å². The van der Waals surface area contributed by atoms with Gasteiger partial charge in [0.05, 0.1) is 11.6 Å². The molecule has 0 aliphatic heterocycles. The Bertz CT molecular complexity index is 509. The van der Waals surface area contributed by atoms with Crippen LogP contribution < -0.4 is 5.32 Å². The van der Waals surface area contributed by atoms with E-state index in [1.165, 1.54) is 0 Å². The lowest BCUT2D eigenvalue weighted by atomic mass is 10.4. The molecule has 0 aromatic carbocycles. The number of H-pyrrole nitrogens is 1. The third-order valence-electron chi connectivity index (χ3n) is 2.39. The normalized spacial score (nSPS) is 11.3. The summed E-state index contributed by atoms with van der Waals surface area (Å²) < 4.78 is 0. The molecular formula is C11H18N6S. The molecule has 0 saturated heterocycles. The molecular weight excluding hydrogens is 248 g/mol. The van der Waals surface area contributed by atoms with Crippen LogP contribution in [-0.2, 0) is 0 Å². The second-order valence-electron chi connectivity index (χ2n) is 4.17. The molecule has 0 unspecified atom stereocenters. The zero-order chi connectivity index (χ0) is 13.0. The maximum atomic E-state index is 4.52. The molecule has 7 heteroatoms. The molecule has 0 atom stereocenters. The number of aromatic amines is 1. The van der Waals surface area contributed by atoms with E-state index in [0.717, 1.165) is 34.9 Å². The zero-order valence-electron chi connectivity index (χ0n) is 10.9. The van der Waals surface area contributed by atoms with Gasteiger partial charge in [0, 0.05) is 18.8 Å². The molecule has 18 heavy (non-hydrogen) atoms. The minimum absolute atomic E-state index is 0.654. The van der Waals surface area contributed by atoms with Crippen LogP contribution in [0.5, 0.6) is 0 Å². The van der Waals surface area contributed by atoms with E-state index in [1.807, 2.05) is 6.92 Å². The van der Waals surface area contributed by atoms with E-state index in [0.29, 0.717) is 5.95 Å². The standard InChI is InChI=1S/C11H18N6S/c1-4-12-11-14-9-8(7-13-16-9)10(15-11)18-6-5-17(2)3/h7H,4-6H2,1-3H3,(H2,12,13,14,15,16). The van der Waals surface area contributed by atoms with Gasteiger partial charge >= 0.3 is 0 Å². The highest BCUT2D eigenvalue weighted by Crippen LogP contribution is 2.25. The molecule has 0 amide bonds. The number of nitrogens with one attached hydrogen (secondary N) is 2. The van der Waals surface area contributed by atoms with Crippen molar-refractivity contribution in [3.8, 4) is 0 Å². The van der Waals surface area contributed by atoms with Crippen LogP contribution in [0.25, 0.3) is 11.0 Å². The lowest BCUT2D eigenvalue weighted by molar-refractivity contribution is 0.437. The highest BCUT2D eigenvalue weighted by atomic mass is 32.2. The fourth-order valence-corrected chi connectivity index (χ4v) is 2.59. The van der Waals surface area contributed by atoms with Gasteiger partial charge in [-0.05, 0) is 21.0 Å². The Balaban J connectivity index is 2.20. The number of rotatable bonds is 6. The van der Waals surface area contributed by atoms with Gasteiger partial charge in [-0.15, -0.1) is 11.8 Å². The van der Waals surface area contributed by atoms with Crippen molar-refractivity contribution >= 4 is 28.7 Å². The van der Waals surface area contributed by atoms with Crippen molar-refractivity contribution in [2.45, 2.75) is 11.9 Å². The molecule has 0 aliphatic carbocycles. The van der Waals surface area contributed by atoms with Crippen molar-refractivity contribution < 1.29 is 0 Å². The van der Waals surface area contributed by atoms with E-state index in [1.54, 1.807) is 18.0 Å². The second kappa shape index (κ2) is 6.01. The Morgan fingerprint density at radius 1 is 1.39 bits per heavy atom. The van der Waals surface area contributed by atoms with Gasteiger partial charge in [-0.3, -0.25) is 5.10 Å². The van der Waals surface area contributed by atoms with Crippen LogP contribution in [-0.4, -0.2) is 58.0 Å². The molecule has 2 rings (SSSR count). The Labute approximate surface area is 111 Å². The molecule has 2 aromatic rings. The molecule has 98 valence electrons. The molecule has 0 aliphatic rings. The predicted molar refractivity (Wildman–Crippen MR) is 75.1 cm³/mol. The van der Waals surface area contributed by atoms with Crippen molar-refractivity contribution in [1.29, 1.82) is 0 Å². The first-order valence-corrected chi connectivity index (χ1v) is 6.91. The highest BCUT2D eigenvalue weighted by molar-refractivity contribution is 7.99. The number of hydrogen-bond acceptors (Lipinski definition) is 6. The maximum absolute atomic E-state index is 4.52. The number of hydrogen-bond donors (Lipinski definition) is 2. The molecule has 0 spiro atoms. The fraction of sp³-hybridized carbons (Fsp3) is 0.545. The first kappa shape index (κ1) is 13.1. The number of nitrogens with zero attached hydrogens (tertiary/aromatic N) is 4. The van der Waals surface area contributed by atoms with Gasteiger partial charge in [0.15, 0.2) is 5.65 Å². The maximum Gasteiger partial charge on any atom is 0.225 e. The van der Waals surface area contributed by atoms with E-state index in [-0.39, 0.29) is 0 Å². The molecule has 0 fully saturated rings. The largest absolute Gasteiger partial charge is 0.354 e. The Hall–Kier alpha value is -1.34. The first-order chi connectivity index (χ1) is 8.70. The van der Waals surface area contributed by atoms with Gasteiger partial charge in [-0.2, -0.15) is 10.1 Å². The summed E-state index contributed by atoms with van der Waals surface area (Å²) in [4.78, 5) is 11.0. The third kappa shape index (κ3) is 3.11. The third-order valence-corrected chi connectivity index (χ3v) is 3.36. The SMILES string of the molecule is CCNc1nc(SCCN(C)C)c2cn[nH]c2n1. The lowest BCUT2D eigenvalue weighted by Crippen LogP contribution is -2.14. The van der Waals surface area contributed by atoms with Crippen LogP contribution in [0.1, 0.15) is 6.92 Å². The number of anilines is 1. The van der Waals surface area contributed by atoms with Crippen LogP contribution in [0.15, 0.2) is 11.2 Å². The van der Waals surface area contributed by atoms with Crippen molar-refractivity contribution in [2.24, 2.45) is 0 Å². The molecule has 2 N–H and O–H groups in total. The van der Waals surface area contributed by atoms with Gasteiger partial charge in [-0.25, -0.2) is 4.98 Å². The van der Waals surface area contributed by atoms with Gasteiger partial charge in [-0.1, -0.05) is 0 Å². The fourth-order valence-electron chi connectivity index (χ4n) is 1.48. The highest BCUT2D eigenvalue weighted by Gasteiger charge is 2.09. The summed E-state index contributed by atoms with van der Waals surface area (Å²) in [6, 6.07) is 0. The molecule has 2 aromatic heterocycles. The zero-order valence-corrected chi connectivity index (χ0v) is 11.7. The van der Waals surface area contributed by atoms with Gasteiger partial charge in [0.2, 0.25) is 5.95 Å². The van der Waals surface area contributed by atoms with Crippen LogP contribution in [0.3, 0.4) is 0 Å². The van der Waals surface area contributed by atoms with Crippen LogP contribution >= 0.6 is 11.8 Å². The molecule has 0 saturated carbocycles. The number of fused-ring (bicyclic) bond motifs is 1. The molecule has 0 radical (unpaired) electrons. The minimum Gasteiger partial charge on any atom is -0.354 e. The average molecular weight is 266 g/mol. The summed E-state index contributed by atoms with van der Waals surface area (Å²) in [6.45, 7) is 3.85. The summed E-state index contributed by atoms with van der Waals surface area (Å²) in [7, 11) is 4.14. The smallest absolute Gasteiger partial charge is 0.225 e. The first-order valence-electron chi connectivity index (χ1n) is 5.93. The summed E-state index contributed by atoms with van der Waals surface area (Å²) >= 11 is 1.73. The molecule has 6 nitrogen and oxygen atoms in total. The summed E-state index contributed by atoms with van der Waals surface area (Å²) in [6.07, 6.45) is 1.78. The van der Waals surface area contributed by atoms with Gasteiger partial charge in [0.25, 0.3) is 0 Å². The Morgan fingerprint density at radius 2 is 2.22 bits per heavy atom. The minimum atomic E-state index is 0.654. The van der Waals surface area contributed by atoms with E-state index < -0.39 is 0 Å². The summed E-state index contributed by atoms with van der Waals surface area (Å²) in [5, 5.41) is 12.0. The van der Waals surface area contributed by atoms with Crippen LogP contribution in [0, 0.1) is 0 Å². The molecule has 2 heterocycles. The monoisotopic (exact) mass is 266 g/mol. The van der Waals surface area contributed by atoms with Crippen molar-refractivity contribution in [3.05, 3.63) is 6.20 Å². The Kier molecular flexibility index (Phi) is 4.38. The van der Waals surface area contributed by atoms with E-state index in [4.69, 9.17) is 0 Å². The average Bonchev–Trinajstić information content (AvgIpc) is 2.77. The Morgan fingerprint density at radius 3 is 2.94 bits per heavy atom. The van der Waals surface area contributed by atoms with Crippen molar-refractivity contribution in [3.63, 3.8) is 0 Å². The van der Waals surface area contributed by atoms with Gasteiger partial charge < -0.3 is 10.2 Å². The predicted octanol–water partition coefficient (Wildman–Crippen LogP) is 1.44.